The molecule has 1 aliphatic rings. The van der Waals surface area contributed by atoms with Crippen LogP contribution in [0.25, 0.3) is 0 Å². The molecule has 0 aromatic heterocycles. The average molecular weight is 536 g/mol. The molecule has 1 aliphatic heterocycles. The Morgan fingerprint density at radius 1 is 0.769 bits per heavy atom. The lowest BCUT2D eigenvalue weighted by Crippen LogP contribution is -2.99. The van der Waals surface area contributed by atoms with Crippen LogP contribution in [0.1, 0.15) is 25.3 Å². The summed E-state index contributed by atoms with van der Waals surface area (Å²) >= 11 is 0. The topological polar surface area (TPSA) is 166 Å². The third kappa shape index (κ3) is 6.02. The predicted molar refractivity (Wildman–Crippen MR) is 139 cm³/mol. The van der Waals surface area contributed by atoms with E-state index in [1.54, 1.807) is 19.9 Å². The van der Waals surface area contributed by atoms with Gasteiger partial charge in [0.05, 0.1) is 5.92 Å². The van der Waals surface area contributed by atoms with E-state index < -0.39 is 34.0 Å². The van der Waals surface area contributed by atoms with Gasteiger partial charge in [0.15, 0.2) is 11.4 Å². The maximum atomic E-state index is 15.2. The Balaban J connectivity index is 1.71. The highest BCUT2D eigenvalue weighted by molar-refractivity contribution is 6.11. The molecule has 4 rings (SSSR count). The summed E-state index contributed by atoms with van der Waals surface area (Å²) in [6, 6.07) is 16.9. The van der Waals surface area contributed by atoms with E-state index in [1.807, 2.05) is 0 Å². The van der Waals surface area contributed by atoms with Crippen molar-refractivity contribution < 1.29 is 34.8 Å². The standard InChI is InChI=1S/C27H26FN5O6/c1-15-23(26(34)30-17-7-11-19(12-8-17)32(36)37)25(21-5-3-4-6-22(21)28)24(16(2)29-15)27(35)31-18-9-13-20(14-10-18)33(38)39/h3-14,25,29,32-33,36,38H,1-2H3,(H,30,34)(H,31,35). The Kier molecular flexibility index (Phi) is 8.16. The molecule has 202 valence electrons. The fourth-order valence-electron chi connectivity index (χ4n) is 4.41. The van der Waals surface area contributed by atoms with Gasteiger partial charge in [0.25, 0.3) is 11.8 Å². The van der Waals surface area contributed by atoms with Gasteiger partial charge < -0.3 is 26.4 Å². The van der Waals surface area contributed by atoms with Gasteiger partial charge in [-0.15, -0.1) is 0 Å². The van der Waals surface area contributed by atoms with Crippen LogP contribution in [0.2, 0.25) is 0 Å². The number of hydrogen-bond donors (Lipinski definition) is 7. The molecule has 0 aliphatic carbocycles. The van der Waals surface area contributed by atoms with Gasteiger partial charge in [0, 0.05) is 63.7 Å². The molecule has 2 unspecified atom stereocenters. The molecule has 2 amide bonds. The fourth-order valence-corrected chi connectivity index (χ4v) is 4.41. The van der Waals surface area contributed by atoms with Crippen LogP contribution in [0.15, 0.2) is 95.3 Å². The molecule has 3 aromatic carbocycles. The van der Waals surface area contributed by atoms with E-state index in [0.29, 0.717) is 22.8 Å². The van der Waals surface area contributed by atoms with Crippen LogP contribution in [0.5, 0.6) is 0 Å². The number of benzene rings is 3. The summed E-state index contributed by atoms with van der Waals surface area (Å²) in [7, 11) is 0. The Morgan fingerprint density at radius 3 is 1.56 bits per heavy atom. The van der Waals surface area contributed by atoms with E-state index >= 15 is 4.39 Å². The largest absolute Gasteiger partial charge is 0.595 e. The van der Waals surface area contributed by atoms with Gasteiger partial charge in [-0.2, -0.15) is 10.5 Å². The summed E-state index contributed by atoms with van der Waals surface area (Å²) in [5.41, 5.74) is 1.82. The number of rotatable bonds is 7. The minimum atomic E-state index is -1.11. The van der Waals surface area contributed by atoms with Crippen LogP contribution in [0.3, 0.4) is 0 Å². The summed E-state index contributed by atoms with van der Waals surface area (Å²) in [5, 5.41) is 46.8. The first-order chi connectivity index (χ1) is 18.6. The Hall–Kier alpha value is -4.43. The van der Waals surface area contributed by atoms with Gasteiger partial charge in [0.2, 0.25) is 0 Å². The van der Waals surface area contributed by atoms with Gasteiger partial charge in [0.1, 0.15) is 5.82 Å². The van der Waals surface area contributed by atoms with Gasteiger partial charge in [-0.3, -0.25) is 9.59 Å². The number of hydrogen-bond acceptors (Lipinski definition) is 7. The SMILES string of the molecule is CC1=C(C(=O)Nc2ccc([NH+]([O-])O)cc2)C(c2ccccc2F)C(C(=O)Nc2ccc([NH+]([O-])O)cc2)=C(C)N1. The zero-order chi connectivity index (χ0) is 28.3. The Bertz CT molecular complexity index is 1360. The van der Waals surface area contributed by atoms with Crippen molar-refractivity contribution in [3.05, 3.63) is 117 Å². The lowest BCUT2D eigenvalue weighted by molar-refractivity contribution is -0.991. The van der Waals surface area contributed by atoms with E-state index in [4.69, 9.17) is 10.4 Å². The molecule has 0 bridgehead atoms. The molecule has 0 radical (unpaired) electrons. The molecule has 11 nitrogen and oxygen atoms in total. The maximum Gasteiger partial charge on any atom is 0.254 e. The number of allylic oxidation sites excluding steroid dienone is 2. The highest BCUT2D eigenvalue weighted by Crippen LogP contribution is 2.40. The van der Waals surface area contributed by atoms with E-state index in [0.717, 1.165) is 0 Å². The highest BCUT2D eigenvalue weighted by atomic mass is 19.1. The van der Waals surface area contributed by atoms with Crippen molar-refractivity contribution in [1.29, 1.82) is 0 Å². The summed E-state index contributed by atoms with van der Waals surface area (Å²) < 4.78 is 15.2. The van der Waals surface area contributed by atoms with Gasteiger partial charge >= 0.3 is 0 Å². The van der Waals surface area contributed by atoms with E-state index in [9.17, 15) is 20.0 Å². The summed E-state index contributed by atoms with van der Waals surface area (Å²) in [5.74, 6) is -2.93. The monoisotopic (exact) mass is 535 g/mol. The molecule has 0 saturated carbocycles. The summed E-state index contributed by atoms with van der Waals surface area (Å²) in [4.78, 5) is 27.1. The smallest absolute Gasteiger partial charge is 0.254 e. The Labute approximate surface area is 222 Å². The summed E-state index contributed by atoms with van der Waals surface area (Å²) in [6.45, 7) is 3.28. The minimum Gasteiger partial charge on any atom is -0.595 e. The molecule has 7 N–H and O–H groups in total. The lowest BCUT2D eigenvalue weighted by Gasteiger charge is -2.31. The van der Waals surface area contributed by atoms with Gasteiger partial charge in [-0.25, -0.2) is 14.8 Å². The third-order valence-corrected chi connectivity index (χ3v) is 6.25. The normalized spacial score (nSPS) is 16.8. The van der Waals surface area contributed by atoms with Crippen molar-refractivity contribution in [2.45, 2.75) is 19.8 Å². The average Bonchev–Trinajstić information content (AvgIpc) is 2.89. The fraction of sp³-hybridized carbons (Fsp3) is 0.111. The highest BCUT2D eigenvalue weighted by Gasteiger charge is 2.37. The molecule has 1 heterocycles. The van der Waals surface area contributed by atoms with E-state index in [2.05, 4.69) is 16.0 Å². The number of anilines is 2. The third-order valence-electron chi connectivity index (χ3n) is 6.25. The predicted octanol–water partition coefficient (Wildman–Crippen LogP) is 2.14. The zero-order valence-corrected chi connectivity index (χ0v) is 20.9. The van der Waals surface area contributed by atoms with Crippen molar-refractivity contribution in [3.63, 3.8) is 0 Å². The second kappa shape index (κ2) is 11.5. The van der Waals surface area contributed by atoms with Crippen LogP contribution in [-0.2, 0) is 9.59 Å². The van der Waals surface area contributed by atoms with Crippen molar-refractivity contribution in [2.75, 3.05) is 10.6 Å². The number of dihydropyridines is 1. The number of quaternary nitrogens is 2. The van der Waals surface area contributed by atoms with E-state index in [1.165, 1.54) is 66.7 Å². The van der Waals surface area contributed by atoms with E-state index in [-0.39, 0.29) is 28.1 Å². The molecule has 0 saturated heterocycles. The number of carbonyl (C=O) groups excluding carboxylic acids is 2. The minimum absolute atomic E-state index is 0.0425. The molecular formula is C27H26FN5O6. The Morgan fingerprint density at radius 2 is 1.18 bits per heavy atom. The molecule has 39 heavy (non-hydrogen) atoms. The quantitative estimate of drug-likeness (QED) is 0.228. The second-order valence-electron chi connectivity index (χ2n) is 8.83. The molecule has 12 heteroatoms. The number of nitrogens with one attached hydrogen (secondary N) is 5. The second-order valence-corrected chi connectivity index (χ2v) is 8.83. The van der Waals surface area contributed by atoms with Gasteiger partial charge in [-0.05, 0) is 44.2 Å². The number of amides is 2. The first-order valence-electron chi connectivity index (χ1n) is 11.8. The number of carbonyl (C=O) groups is 2. The van der Waals surface area contributed by atoms with Crippen LogP contribution in [0, 0.1) is 16.2 Å². The van der Waals surface area contributed by atoms with Gasteiger partial charge in [-0.1, -0.05) is 18.2 Å². The van der Waals surface area contributed by atoms with Crippen molar-refractivity contribution >= 4 is 34.6 Å². The van der Waals surface area contributed by atoms with Crippen LogP contribution < -0.4 is 26.4 Å². The molecular weight excluding hydrogens is 509 g/mol. The lowest BCUT2D eigenvalue weighted by atomic mass is 9.79. The molecule has 2 atom stereocenters. The first-order valence-corrected chi connectivity index (χ1v) is 11.8. The zero-order valence-electron chi connectivity index (χ0n) is 20.9. The van der Waals surface area contributed by atoms with Crippen molar-refractivity contribution in [3.8, 4) is 0 Å². The maximum absolute atomic E-state index is 15.2. The molecule has 3 aromatic rings. The summed E-state index contributed by atoms with van der Waals surface area (Å²) in [6.07, 6.45) is 0. The molecule has 0 spiro atoms. The van der Waals surface area contributed by atoms with Crippen molar-refractivity contribution in [2.24, 2.45) is 0 Å². The van der Waals surface area contributed by atoms with Crippen LogP contribution in [0.4, 0.5) is 27.1 Å². The van der Waals surface area contributed by atoms with Crippen LogP contribution >= 0.6 is 0 Å². The first kappa shape index (κ1) is 27.6. The van der Waals surface area contributed by atoms with Crippen molar-refractivity contribution in [1.82, 2.24) is 5.32 Å². The molecule has 0 fully saturated rings. The van der Waals surface area contributed by atoms with Crippen LogP contribution in [-0.4, -0.2) is 22.2 Å². The number of halogens is 1.